The summed E-state index contributed by atoms with van der Waals surface area (Å²) in [5, 5.41) is 3.49. The van der Waals surface area contributed by atoms with Crippen molar-refractivity contribution < 1.29 is 8.42 Å². The van der Waals surface area contributed by atoms with Crippen molar-refractivity contribution in [2.24, 2.45) is 0 Å². The lowest BCUT2D eigenvalue weighted by atomic mass is 10.0. The Hall–Kier alpha value is 0.160. The standard InChI is InChI=1S/C9H18N2O2S.ClH/c1-2-14(12,13)11-9-5-7-3-4-8(6-9)10-7;/h7-11H,2-6H2,1H3;1H. The molecule has 2 bridgehead atoms. The average Bonchev–Trinajstić information content (AvgIpc) is 2.45. The second-order valence-electron chi connectivity index (χ2n) is 4.33. The van der Waals surface area contributed by atoms with Gasteiger partial charge >= 0.3 is 0 Å². The van der Waals surface area contributed by atoms with Crippen molar-refractivity contribution in [3.63, 3.8) is 0 Å². The minimum atomic E-state index is -3.02. The molecule has 2 saturated heterocycles. The number of piperidine rings is 1. The summed E-state index contributed by atoms with van der Waals surface area (Å²) in [7, 11) is -3.02. The zero-order valence-corrected chi connectivity index (χ0v) is 10.5. The quantitative estimate of drug-likeness (QED) is 0.777. The van der Waals surface area contributed by atoms with Crippen molar-refractivity contribution >= 4 is 22.4 Å². The Morgan fingerprint density at radius 2 is 1.80 bits per heavy atom. The Bertz CT molecular complexity index is 295. The molecule has 0 aromatic rings. The van der Waals surface area contributed by atoms with Crippen LogP contribution in [0.2, 0.25) is 0 Å². The second kappa shape index (κ2) is 4.99. The van der Waals surface area contributed by atoms with E-state index in [-0.39, 0.29) is 24.2 Å². The molecule has 2 unspecified atom stereocenters. The lowest BCUT2D eigenvalue weighted by molar-refractivity contribution is 0.345. The Labute approximate surface area is 97.7 Å². The van der Waals surface area contributed by atoms with Gasteiger partial charge in [-0.25, -0.2) is 13.1 Å². The van der Waals surface area contributed by atoms with Gasteiger partial charge in [0, 0.05) is 18.1 Å². The maximum atomic E-state index is 11.4. The van der Waals surface area contributed by atoms with Gasteiger partial charge in [0.2, 0.25) is 10.0 Å². The number of rotatable bonds is 3. The molecule has 90 valence electrons. The van der Waals surface area contributed by atoms with E-state index in [1.54, 1.807) is 6.92 Å². The summed E-state index contributed by atoms with van der Waals surface area (Å²) >= 11 is 0. The molecule has 0 saturated carbocycles. The van der Waals surface area contributed by atoms with Crippen molar-refractivity contribution in [1.82, 2.24) is 10.0 Å². The third kappa shape index (κ3) is 3.31. The largest absolute Gasteiger partial charge is 0.311 e. The minimum absolute atomic E-state index is 0. The molecule has 4 nitrogen and oxygen atoms in total. The van der Waals surface area contributed by atoms with Crippen molar-refractivity contribution in [3.05, 3.63) is 0 Å². The van der Waals surface area contributed by atoms with Gasteiger partial charge in [-0.15, -0.1) is 12.4 Å². The summed E-state index contributed by atoms with van der Waals surface area (Å²) in [6.45, 7) is 1.68. The monoisotopic (exact) mass is 254 g/mol. The van der Waals surface area contributed by atoms with E-state index in [0.717, 1.165) is 12.8 Å². The van der Waals surface area contributed by atoms with Gasteiger partial charge in [0.25, 0.3) is 0 Å². The Kier molecular flexibility index (Phi) is 4.40. The predicted molar refractivity (Wildman–Crippen MR) is 62.8 cm³/mol. The van der Waals surface area contributed by atoms with Gasteiger partial charge in [-0.05, 0) is 32.6 Å². The molecule has 2 atom stereocenters. The van der Waals surface area contributed by atoms with Crippen LogP contribution in [0.4, 0.5) is 0 Å². The molecule has 0 amide bonds. The van der Waals surface area contributed by atoms with Crippen LogP contribution in [-0.4, -0.2) is 32.3 Å². The topological polar surface area (TPSA) is 58.2 Å². The molecule has 2 N–H and O–H groups in total. The van der Waals surface area contributed by atoms with E-state index in [4.69, 9.17) is 0 Å². The first-order valence-corrected chi connectivity index (χ1v) is 7.00. The SMILES string of the molecule is CCS(=O)(=O)NC1CC2CCC(C1)N2.Cl. The predicted octanol–water partition coefficient (Wildman–Crippen LogP) is 0.630. The van der Waals surface area contributed by atoms with Gasteiger partial charge < -0.3 is 5.32 Å². The molecule has 0 radical (unpaired) electrons. The lowest BCUT2D eigenvalue weighted by Crippen LogP contribution is -2.48. The van der Waals surface area contributed by atoms with Crippen molar-refractivity contribution in [1.29, 1.82) is 0 Å². The van der Waals surface area contributed by atoms with Crippen LogP contribution >= 0.6 is 12.4 Å². The number of sulfonamides is 1. The highest BCUT2D eigenvalue weighted by Gasteiger charge is 2.34. The van der Waals surface area contributed by atoms with Gasteiger partial charge in [0.15, 0.2) is 0 Å². The molecule has 2 aliphatic heterocycles. The highest BCUT2D eigenvalue weighted by molar-refractivity contribution is 7.89. The maximum Gasteiger partial charge on any atom is 0.211 e. The molecular formula is C9H19ClN2O2S. The molecule has 15 heavy (non-hydrogen) atoms. The van der Waals surface area contributed by atoms with Gasteiger partial charge in [-0.1, -0.05) is 0 Å². The molecule has 2 rings (SSSR count). The fourth-order valence-corrected chi connectivity index (χ4v) is 3.36. The Morgan fingerprint density at radius 3 is 2.27 bits per heavy atom. The van der Waals surface area contributed by atoms with Gasteiger partial charge in [0.05, 0.1) is 5.75 Å². The van der Waals surface area contributed by atoms with Crippen LogP contribution in [0.3, 0.4) is 0 Å². The molecule has 0 aromatic carbocycles. The van der Waals surface area contributed by atoms with Crippen molar-refractivity contribution in [3.8, 4) is 0 Å². The summed E-state index contributed by atoms with van der Waals surface area (Å²) in [4.78, 5) is 0. The fraction of sp³-hybridized carbons (Fsp3) is 1.00. The van der Waals surface area contributed by atoms with E-state index >= 15 is 0 Å². The minimum Gasteiger partial charge on any atom is -0.311 e. The summed E-state index contributed by atoms with van der Waals surface area (Å²) in [5.74, 6) is 0.187. The second-order valence-corrected chi connectivity index (χ2v) is 6.37. The van der Waals surface area contributed by atoms with Crippen LogP contribution in [0.15, 0.2) is 0 Å². The molecule has 2 fully saturated rings. The number of fused-ring (bicyclic) bond motifs is 2. The molecule has 6 heteroatoms. The highest BCUT2D eigenvalue weighted by atomic mass is 35.5. The third-order valence-corrected chi connectivity index (χ3v) is 4.65. The Balaban J connectivity index is 0.00000112. The van der Waals surface area contributed by atoms with Crippen molar-refractivity contribution in [2.45, 2.75) is 50.7 Å². The molecule has 2 heterocycles. The molecule has 2 aliphatic rings. The van der Waals surface area contributed by atoms with Gasteiger partial charge in [-0.3, -0.25) is 0 Å². The highest BCUT2D eigenvalue weighted by Crippen LogP contribution is 2.26. The molecular weight excluding hydrogens is 236 g/mol. The van der Waals surface area contributed by atoms with E-state index in [1.807, 2.05) is 0 Å². The van der Waals surface area contributed by atoms with E-state index in [0.29, 0.717) is 12.1 Å². The fourth-order valence-electron chi connectivity index (χ4n) is 2.49. The first kappa shape index (κ1) is 13.2. The van der Waals surface area contributed by atoms with E-state index in [2.05, 4.69) is 10.0 Å². The first-order valence-electron chi connectivity index (χ1n) is 5.35. The smallest absolute Gasteiger partial charge is 0.211 e. The van der Waals surface area contributed by atoms with Crippen LogP contribution in [-0.2, 0) is 10.0 Å². The summed E-state index contributed by atoms with van der Waals surface area (Å²) in [5.41, 5.74) is 0. The van der Waals surface area contributed by atoms with Crippen LogP contribution in [0.1, 0.15) is 32.6 Å². The van der Waals surface area contributed by atoms with Crippen LogP contribution in [0.25, 0.3) is 0 Å². The number of nitrogens with one attached hydrogen (secondary N) is 2. The third-order valence-electron chi connectivity index (χ3n) is 3.20. The van der Waals surface area contributed by atoms with E-state index in [1.165, 1.54) is 12.8 Å². The lowest BCUT2D eigenvalue weighted by Gasteiger charge is -2.29. The number of hydrogen-bond acceptors (Lipinski definition) is 3. The molecule has 0 aromatic heterocycles. The number of hydrogen-bond donors (Lipinski definition) is 2. The average molecular weight is 255 g/mol. The van der Waals surface area contributed by atoms with Gasteiger partial charge in [0.1, 0.15) is 0 Å². The Morgan fingerprint density at radius 1 is 1.27 bits per heavy atom. The normalized spacial score (nSPS) is 34.9. The van der Waals surface area contributed by atoms with Crippen LogP contribution in [0.5, 0.6) is 0 Å². The maximum absolute atomic E-state index is 11.4. The van der Waals surface area contributed by atoms with Gasteiger partial charge in [-0.2, -0.15) is 0 Å². The van der Waals surface area contributed by atoms with Crippen LogP contribution in [0, 0.1) is 0 Å². The van der Waals surface area contributed by atoms with E-state index < -0.39 is 10.0 Å². The summed E-state index contributed by atoms with van der Waals surface area (Å²) in [6.07, 6.45) is 4.31. The number of halogens is 1. The van der Waals surface area contributed by atoms with E-state index in [9.17, 15) is 8.42 Å². The molecule has 0 spiro atoms. The summed E-state index contributed by atoms with van der Waals surface area (Å²) in [6, 6.07) is 1.25. The van der Waals surface area contributed by atoms with Crippen LogP contribution < -0.4 is 10.0 Å². The zero-order chi connectivity index (χ0) is 10.2. The molecule has 0 aliphatic carbocycles. The summed E-state index contributed by atoms with van der Waals surface area (Å²) < 4.78 is 25.5. The van der Waals surface area contributed by atoms with Crippen molar-refractivity contribution in [2.75, 3.05) is 5.75 Å². The first-order chi connectivity index (χ1) is 6.59. The zero-order valence-electron chi connectivity index (χ0n) is 8.90.